The fraction of sp³-hybridized carbons (Fsp3) is 0. The zero-order valence-corrected chi connectivity index (χ0v) is 31.9. The van der Waals surface area contributed by atoms with Crippen molar-refractivity contribution in [2.75, 3.05) is 0 Å². The highest BCUT2D eigenvalue weighted by atomic mass is 16.3. The molecule has 8 aromatic carbocycles. The fourth-order valence-electron chi connectivity index (χ4n) is 8.34. The van der Waals surface area contributed by atoms with E-state index in [9.17, 15) is 10.5 Å². The summed E-state index contributed by atoms with van der Waals surface area (Å²) in [5, 5.41) is 24.0. The average molecular weight is 767 g/mol. The van der Waals surface area contributed by atoms with Crippen molar-refractivity contribution in [2.24, 2.45) is 0 Å². The molecule has 0 radical (unpaired) electrons. The lowest BCUT2D eigenvalue weighted by Crippen LogP contribution is -2.04. The maximum absolute atomic E-state index is 10.2. The topological polar surface area (TPSA) is 104 Å². The van der Waals surface area contributed by atoms with Gasteiger partial charge in [-0.25, -0.2) is 15.0 Å². The van der Waals surface area contributed by atoms with Crippen molar-refractivity contribution < 1.29 is 4.42 Å². The summed E-state index contributed by atoms with van der Waals surface area (Å²) in [6.45, 7) is 0. The van der Waals surface area contributed by atoms with Crippen molar-refractivity contribution in [2.45, 2.75) is 0 Å². The van der Waals surface area contributed by atoms with Crippen LogP contribution >= 0.6 is 0 Å². The molecule has 60 heavy (non-hydrogen) atoms. The Hall–Kier alpha value is -8.65. The van der Waals surface area contributed by atoms with Gasteiger partial charge in [0, 0.05) is 43.8 Å². The predicted molar refractivity (Wildman–Crippen MR) is 238 cm³/mol. The summed E-state index contributed by atoms with van der Waals surface area (Å²) in [5.74, 6) is 1.63. The molecule has 0 bridgehead atoms. The van der Waals surface area contributed by atoms with E-state index in [2.05, 4.69) is 89.5 Å². The van der Waals surface area contributed by atoms with E-state index in [0.717, 1.165) is 88.4 Å². The predicted octanol–water partition coefficient (Wildman–Crippen LogP) is 12.9. The molecule has 0 unspecified atom stereocenters. The van der Waals surface area contributed by atoms with E-state index in [0.29, 0.717) is 28.6 Å². The smallest absolute Gasteiger partial charge is 0.166 e. The van der Waals surface area contributed by atoms with Crippen molar-refractivity contribution in [3.8, 4) is 74.2 Å². The number of fused-ring (bicyclic) bond motifs is 6. The van der Waals surface area contributed by atoms with E-state index in [4.69, 9.17) is 19.4 Å². The third-order valence-corrected chi connectivity index (χ3v) is 11.1. The maximum atomic E-state index is 10.2. The second-order valence-electron chi connectivity index (χ2n) is 14.6. The number of hydrogen-bond acceptors (Lipinski definition) is 6. The maximum Gasteiger partial charge on any atom is 0.166 e. The van der Waals surface area contributed by atoms with Crippen LogP contribution in [-0.2, 0) is 0 Å². The summed E-state index contributed by atoms with van der Waals surface area (Å²) >= 11 is 0. The molecule has 278 valence electrons. The molecule has 3 heterocycles. The summed E-state index contributed by atoms with van der Waals surface area (Å²) in [4.78, 5) is 15.5. The van der Waals surface area contributed by atoms with Crippen LogP contribution in [0.25, 0.3) is 106 Å². The minimum absolute atomic E-state index is 0.438. The van der Waals surface area contributed by atoms with Crippen LogP contribution in [0.5, 0.6) is 0 Å². The lowest BCUT2D eigenvalue weighted by Gasteiger charge is -2.17. The van der Waals surface area contributed by atoms with Crippen LogP contribution in [0, 0.1) is 22.7 Å². The molecule has 0 saturated carbocycles. The third-order valence-electron chi connectivity index (χ3n) is 11.1. The molecule has 7 heteroatoms. The van der Waals surface area contributed by atoms with E-state index in [1.807, 2.05) is 97.1 Å². The fourth-order valence-corrected chi connectivity index (χ4v) is 8.34. The summed E-state index contributed by atoms with van der Waals surface area (Å²) in [7, 11) is 0. The Kier molecular flexibility index (Phi) is 8.11. The molecule has 0 spiro atoms. The Balaban J connectivity index is 1.22. The number of para-hydroxylation sites is 3. The highest BCUT2D eigenvalue weighted by molar-refractivity contribution is 6.12. The van der Waals surface area contributed by atoms with Crippen molar-refractivity contribution in [1.29, 1.82) is 10.5 Å². The molecule has 0 saturated heterocycles. The van der Waals surface area contributed by atoms with Crippen LogP contribution < -0.4 is 0 Å². The van der Waals surface area contributed by atoms with Crippen molar-refractivity contribution in [3.63, 3.8) is 0 Å². The number of aromatic nitrogens is 4. The van der Waals surface area contributed by atoms with E-state index in [1.165, 1.54) is 0 Å². The van der Waals surface area contributed by atoms with Crippen LogP contribution in [-0.4, -0.2) is 19.5 Å². The van der Waals surface area contributed by atoms with Crippen molar-refractivity contribution >= 4 is 43.7 Å². The van der Waals surface area contributed by atoms with Crippen LogP contribution in [0.4, 0.5) is 0 Å². The number of furan rings is 1. The largest absolute Gasteiger partial charge is 0.455 e. The zero-order chi connectivity index (χ0) is 40.2. The first-order valence-corrected chi connectivity index (χ1v) is 19.6. The Morgan fingerprint density at radius 2 is 1.05 bits per heavy atom. The summed E-state index contributed by atoms with van der Waals surface area (Å²) in [5.41, 5.74) is 11.4. The number of hydrogen-bond donors (Lipinski definition) is 0. The van der Waals surface area contributed by atoms with Crippen LogP contribution in [0.3, 0.4) is 0 Å². The summed E-state index contributed by atoms with van der Waals surface area (Å²) in [6, 6.07) is 65.2. The molecule has 0 fully saturated rings. The molecular formula is C53H30N6O. The molecule has 0 aliphatic carbocycles. The number of nitrogens with zero attached hydrogens (tertiary/aromatic N) is 6. The first-order valence-electron chi connectivity index (χ1n) is 19.6. The van der Waals surface area contributed by atoms with E-state index in [1.54, 1.807) is 12.1 Å². The van der Waals surface area contributed by atoms with Crippen LogP contribution in [0.2, 0.25) is 0 Å². The zero-order valence-electron chi connectivity index (χ0n) is 31.9. The van der Waals surface area contributed by atoms with Gasteiger partial charge in [-0.1, -0.05) is 140 Å². The Morgan fingerprint density at radius 3 is 1.80 bits per heavy atom. The van der Waals surface area contributed by atoms with Gasteiger partial charge in [0.25, 0.3) is 0 Å². The van der Waals surface area contributed by atoms with Gasteiger partial charge < -0.3 is 8.98 Å². The van der Waals surface area contributed by atoms with Crippen molar-refractivity contribution in [3.05, 3.63) is 193 Å². The molecule has 0 N–H and O–H groups in total. The van der Waals surface area contributed by atoms with Gasteiger partial charge in [0.2, 0.25) is 0 Å². The number of rotatable bonds is 6. The first kappa shape index (κ1) is 34.6. The van der Waals surface area contributed by atoms with Crippen LogP contribution in [0.15, 0.2) is 186 Å². The molecule has 7 nitrogen and oxygen atoms in total. The minimum Gasteiger partial charge on any atom is -0.455 e. The quantitative estimate of drug-likeness (QED) is 0.167. The molecular weight excluding hydrogens is 737 g/mol. The highest BCUT2D eigenvalue weighted by Crippen LogP contribution is 2.42. The lowest BCUT2D eigenvalue weighted by molar-refractivity contribution is 0.670. The van der Waals surface area contributed by atoms with Gasteiger partial charge in [0.1, 0.15) is 11.2 Å². The molecule has 3 aromatic heterocycles. The highest BCUT2D eigenvalue weighted by Gasteiger charge is 2.22. The summed E-state index contributed by atoms with van der Waals surface area (Å²) < 4.78 is 8.82. The first-order chi connectivity index (χ1) is 29.6. The number of nitriles is 2. The van der Waals surface area contributed by atoms with Crippen molar-refractivity contribution in [1.82, 2.24) is 19.5 Å². The second kappa shape index (κ2) is 14.1. The van der Waals surface area contributed by atoms with E-state index in [-0.39, 0.29) is 0 Å². The SMILES string of the molecule is N#Cc1ccc(-c2ccc3c4ccccc4n(-c4ccc(-c5cccc6c5oc5ccccc56)cc4-c4nc(-c5ccccc5)nc(-c5ccccc5)n4)c3c2)c(C#N)c1. The molecule has 11 aromatic rings. The third kappa shape index (κ3) is 5.69. The Bertz CT molecular complexity index is 3520. The second-order valence-corrected chi connectivity index (χ2v) is 14.6. The number of benzene rings is 8. The van der Waals surface area contributed by atoms with Gasteiger partial charge in [-0.15, -0.1) is 0 Å². The molecule has 11 rings (SSSR count). The summed E-state index contributed by atoms with van der Waals surface area (Å²) in [6.07, 6.45) is 0. The Morgan fingerprint density at radius 1 is 0.417 bits per heavy atom. The molecule has 0 amide bonds. The van der Waals surface area contributed by atoms with Gasteiger partial charge >= 0.3 is 0 Å². The molecule has 0 aliphatic rings. The van der Waals surface area contributed by atoms with Gasteiger partial charge in [-0.3, -0.25) is 0 Å². The van der Waals surface area contributed by atoms with E-state index < -0.39 is 0 Å². The van der Waals surface area contributed by atoms with Crippen LogP contribution in [0.1, 0.15) is 11.1 Å². The van der Waals surface area contributed by atoms with Gasteiger partial charge in [-0.05, 0) is 59.2 Å². The molecule has 0 atom stereocenters. The normalized spacial score (nSPS) is 11.3. The standard InChI is InChI=1S/C53H30N6O/c54-31-33-22-25-39(38(28-33)32-55)37-23-26-42-41-16-7-9-20-46(41)59(48(42)30-37)47-27-24-36(40-18-11-19-44-43-17-8-10-21-49(43)60-50(40)44)29-45(47)53-57-51(34-12-3-1-4-13-34)56-52(58-53)35-14-5-2-6-15-35/h1-30H. The van der Waals surface area contributed by atoms with Gasteiger partial charge in [-0.2, -0.15) is 10.5 Å². The monoisotopic (exact) mass is 766 g/mol. The van der Waals surface area contributed by atoms with Gasteiger partial charge in [0.05, 0.1) is 40.0 Å². The average Bonchev–Trinajstić information content (AvgIpc) is 3.87. The lowest BCUT2D eigenvalue weighted by atomic mass is 9.97. The molecule has 0 aliphatic heterocycles. The minimum atomic E-state index is 0.438. The Labute approximate surface area is 344 Å². The van der Waals surface area contributed by atoms with Gasteiger partial charge in [0.15, 0.2) is 17.5 Å². The van der Waals surface area contributed by atoms with E-state index >= 15 is 0 Å².